The molecule has 2 unspecified atom stereocenters. The van der Waals surface area contributed by atoms with Gasteiger partial charge in [-0.25, -0.2) is 0 Å². The molecule has 6 heteroatoms. The summed E-state index contributed by atoms with van der Waals surface area (Å²) in [6, 6.07) is -0.626. The fraction of sp³-hybridized carbons (Fsp3) is 0.855. The van der Waals surface area contributed by atoms with E-state index in [1.54, 1.807) is 6.08 Å². The first-order valence-corrected chi connectivity index (χ1v) is 33.4. The van der Waals surface area contributed by atoms with Crippen LogP contribution in [-0.4, -0.2) is 47.4 Å². The molecule has 0 aliphatic carbocycles. The molecule has 0 aliphatic rings. The minimum atomic E-state index is -0.843. The first-order valence-electron chi connectivity index (χ1n) is 33.4. The van der Waals surface area contributed by atoms with Crippen LogP contribution in [0.4, 0.5) is 0 Å². The normalized spacial score (nSPS) is 12.9. The van der Waals surface area contributed by atoms with Crippen molar-refractivity contribution in [2.75, 3.05) is 13.2 Å². The van der Waals surface area contributed by atoms with Crippen molar-refractivity contribution in [1.82, 2.24) is 5.32 Å². The van der Waals surface area contributed by atoms with Gasteiger partial charge in [-0.05, 0) is 83.5 Å². The second-order valence-electron chi connectivity index (χ2n) is 22.8. The zero-order valence-corrected chi connectivity index (χ0v) is 50.3. The summed E-state index contributed by atoms with van der Waals surface area (Å²) in [4.78, 5) is 24.5. The predicted octanol–water partition coefficient (Wildman–Crippen LogP) is 21.3. The van der Waals surface area contributed by atoms with Crippen LogP contribution in [0, 0.1) is 0 Å². The van der Waals surface area contributed by atoms with Gasteiger partial charge in [-0.2, -0.15) is 0 Å². The molecule has 0 aliphatic heterocycles. The molecule has 0 bridgehead atoms. The summed E-state index contributed by atoms with van der Waals surface area (Å²) in [5, 5.41) is 23.1. The number of rotatable bonds is 62. The molecule has 0 radical (unpaired) electrons. The van der Waals surface area contributed by atoms with Crippen molar-refractivity contribution in [3.8, 4) is 0 Å². The van der Waals surface area contributed by atoms with E-state index in [-0.39, 0.29) is 18.5 Å². The molecule has 0 saturated carbocycles. The second kappa shape index (κ2) is 64.3. The van der Waals surface area contributed by atoms with E-state index in [1.165, 1.54) is 276 Å². The van der Waals surface area contributed by atoms with Crippen LogP contribution in [0.2, 0.25) is 0 Å². The summed E-state index contributed by atoms with van der Waals surface area (Å²) in [5.74, 6) is -0.0632. The van der Waals surface area contributed by atoms with Crippen LogP contribution in [0.1, 0.15) is 354 Å². The standard InChI is InChI=1S/C69H129NO5/c1-3-5-7-9-11-13-15-17-38-41-45-49-53-57-61-67(72)66(65-71)70-68(73)62-58-54-50-46-42-39-35-33-31-29-27-25-23-21-19-18-20-22-24-26-28-30-32-34-36-40-44-48-52-56-60-64-75-69(74)63-59-55-51-47-43-37-16-14-12-10-8-6-4-2/h8,10,14,16,20,22,57,61,66-67,71-72H,3-7,9,11-13,15,17-19,21,23-56,58-60,62-65H2,1-2H3,(H,70,73)/b10-8-,16-14-,22-20-,61-57+. The van der Waals surface area contributed by atoms with Gasteiger partial charge in [0, 0.05) is 12.8 Å². The fourth-order valence-electron chi connectivity index (χ4n) is 10.2. The molecule has 6 nitrogen and oxygen atoms in total. The zero-order chi connectivity index (χ0) is 54.3. The van der Waals surface area contributed by atoms with E-state index in [9.17, 15) is 19.8 Å². The largest absolute Gasteiger partial charge is 0.466 e. The molecule has 0 aromatic heterocycles. The van der Waals surface area contributed by atoms with Crippen molar-refractivity contribution >= 4 is 11.9 Å². The number of nitrogens with one attached hydrogen (secondary N) is 1. The van der Waals surface area contributed by atoms with Crippen LogP contribution in [0.5, 0.6) is 0 Å². The Kier molecular flexibility index (Phi) is 62.5. The number of esters is 1. The van der Waals surface area contributed by atoms with Gasteiger partial charge in [0.2, 0.25) is 5.91 Å². The second-order valence-corrected chi connectivity index (χ2v) is 22.8. The molecule has 1 amide bonds. The van der Waals surface area contributed by atoms with E-state index in [4.69, 9.17) is 4.74 Å². The Labute approximate surface area is 467 Å². The number of allylic oxidation sites excluding steroid dienone is 7. The number of hydrogen-bond acceptors (Lipinski definition) is 5. The van der Waals surface area contributed by atoms with E-state index in [2.05, 4.69) is 55.6 Å². The highest BCUT2D eigenvalue weighted by molar-refractivity contribution is 5.76. The summed E-state index contributed by atoms with van der Waals surface area (Å²) >= 11 is 0. The molecule has 3 N–H and O–H groups in total. The summed E-state index contributed by atoms with van der Waals surface area (Å²) in [6.07, 6.45) is 83.2. The van der Waals surface area contributed by atoms with E-state index in [1.807, 2.05) is 6.08 Å². The minimum absolute atomic E-state index is 0.00177. The number of aliphatic hydroxyl groups is 2. The quantitative estimate of drug-likeness (QED) is 0.0320. The SMILES string of the molecule is CCC/C=C\C/C=C\CCCCCCCC(=O)OCCCCCCCCCCCCCC/C=C\CCCCCCCCCCCCCCCCCC(=O)NC(CO)C(O)/C=C/CCCCCCCCCCCCCC. The Morgan fingerprint density at radius 2 is 0.693 bits per heavy atom. The summed E-state index contributed by atoms with van der Waals surface area (Å²) < 4.78 is 5.47. The molecule has 0 rings (SSSR count). The number of hydrogen-bond donors (Lipinski definition) is 3. The number of unbranched alkanes of at least 4 members (excludes halogenated alkanes) is 45. The molecule has 0 spiro atoms. The molecule has 75 heavy (non-hydrogen) atoms. The molecule has 2 atom stereocenters. The monoisotopic (exact) mass is 1050 g/mol. The molecular weight excluding hydrogens is 923 g/mol. The Balaban J connectivity index is 3.38. The van der Waals surface area contributed by atoms with Crippen molar-refractivity contribution in [3.63, 3.8) is 0 Å². The highest BCUT2D eigenvalue weighted by atomic mass is 16.5. The molecule has 0 aromatic carbocycles. The van der Waals surface area contributed by atoms with Crippen LogP contribution in [0.15, 0.2) is 48.6 Å². The highest BCUT2D eigenvalue weighted by Crippen LogP contribution is 2.18. The van der Waals surface area contributed by atoms with E-state index >= 15 is 0 Å². The highest BCUT2D eigenvalue weighted by Gasteiger charge is 2.18. The fourth-order valence-corrected chi connectivity index (χ4v) is 10.2. The maximum atomic E-state index is 12.5. The topological polar surface area (TPSA) is 95.9 Å². The van der Waals surface area contributed by atoms with Crippen LogP contribution in [-0.2, 0) is 14.3 Å². The lowest BCUT2D eigenvalue weighted by Gasteiger charge is -2.20. The summed E-state index contributed by atoms with van der Waals surface area (Å²) in [5.41, 5.74) is 0. The van der Waals surface area contributed by atoms with E-state index < -0.39 is 12.1 Å². The minimum Gasteiger partial charge on any atom is -0.466 e. The van der Waals surface area contributed by atoms with E-state index in [0.717, 1.165) is 51.4 Å². The summed E-state index contributed by atoms with van der Waals surface area (Å²) in [7, 11) is 0. The Morgan fingerprint density at radius 1 is 0.373 bits per heavy atom. The smallest absolute Gasteiger partial charge is 0.305 e. The van der Waals surface area contributed by atoms with Gasteiger partial charge >= 0.3 is 5.97 Å². The lowest BCUT2D eigenvalue weighted by Crippen LogP contribution is -2.45. The summed E-state index contributed by atoms with van der Waals surface area (Å²) in [6.45, 7) is 4.85. The Hall–Kier alpha value is -2.18. The molecule has 0 fully saturated rings. The third-order valence-electron chi connectivity index (χ3n) is 15.3. The number of ether oxygens (including phenoxy) is 1. The lowest BCUT2D eigenvalue weighted by atomic mass is 10.0. The van der Waals surface area contributed by atoms with E-state index in [0.29, 0.717) is 19.4 Å². The van der Waals surface area contributed by atoms with Gasteiger partial charge < -0.3 is 20.3 Å². The van der Waals surface area contributed by atoms with Gasteiger partial charge in [0.05, 0.1) is 25.4 Å². The number of amides is 1. The Bertz CT molecular complexity index is 1260. The molecule has 0 heterocycles. The van der Waals surface area contributed by atoms with Gasteiger partial charge in [0.25, 0.3) is 0 Å². The van der Waals surface area contributed by atoms with Crippen molar-refractivity contribution in [3.05, 3.63) is 48.6 Å². The van der Waals surface area contributed by atoms with Crippen LogP contribution < -0.4 is 5.32 Å². The maximum Gasteiger partial charge on any atom is 0.305 e. The average molecular weight is 1050 g/mol. The van der Waals surface area contributed by atoms with Crippen LogP contribution in [0.3, 0.4) is 0 Å². The predicted molar refractivity (Wildman–Crippen MR) is 329 cm³/mol. The van der Waals surface area contributed by atoms with Gasteiger partial charge in [-0.3, -0.25) is 9.59 Å². The molecular formula is C69H129NO5. The first-order chi connectivity index (χ1) is 37.0. The zero-order valence-electron chi connectivity index (χ0n) is 50.3. The van der Waals surface area contributed by atoms with Crippen LogP contribution >= 0.6 is 0 Å². The Morgan fingerprint density at radius 3 is 1.08 bits per heavy atom. The van der Waals surface area contributed by atoms with Crippen molar-refractivity contribution in [2.45, 2.75) is 366 Å². The van der Waals surface area contributed by atoms with Crippen molar-refractivity contribution in [2.24, 2.45) is 0 Å². The third-order valence-corrected chi connectivity index (χ3v) is 15.3. The average Bonchev–Trinajstić information content (AvgIpc) is 3.41. The maximum absolute atomic E-state index is 12.5. The number of aliphatic hydroxyl groups excluding tert-OH is 2. The van der Waals surface area contributed by atoms with Gasteiger partial charge in [0.15, 0.2) is 0 Å². The third kappa shape index (κ3) is 60.9. The van der Waals surface area contributed by atoms with Crippen LogP contribution in [0.25, 0.3) is 0 Å². The first kappa shape index (κ1) is 72.8. The lowest BCUT2D eigenvalue weighted by molar-refractivity contribution is -0.143. The molecule has 0 saturated heterocycles. The molecule has 440 valence electrons. The van der Waals surface area contributed by atoms with Gasteiger partial charge in [-0.1, -0.05) is 306 Å². The number of carbonyl (C=O) groups excluding carboxylic acids is 2. The van der Waals surface area contributed by atoms with Crippen molar-refractivity contribution < 1.29 is 24.5 Å². The van der Waals surface area contributed by atoms with Crippen molar-refractivity contribution in [1.29, 1.82) is 0 Å². The molecule has 0 aromatic rings. The van der Waals surface area contributed by atoms with Gasteiger partial charge in [0.1, 0.15) is 0 Å². The van der Waals surface area contributed by atoms with Gasteiger partial charge in [-0.15, -0.1) is 0 Å². The number of carbonyl (C=O) groups is 2.